The van der Waals surface area contributed by atoms with Gasteiger partial charge in [-0.05, 0) is 42.4 Å². The molecule has 2 aliphatic rings. The summed E-state index contributed by atoms with van der Waals surface area (Å²) in [5, 5.41) is 15.9. The molecule has 0 bridgehead atoms. The number of benzene rings is 1. The van der Waals surface area contributed by atoms with Gasteiger partial charge in [-0.1, -0.05) is 29.3 Å². The van der Waals surface area contributed by atoms with Gasteiger partial charge in [-0.3, -0.25) is 0 Å². The van der Waals surface area contributed by atoms with Crippen molar-refractivity contribution in [1.29, 1.82) is 5.26 Å². The highest BCUT2D eigenvalue weighted by Crippen LogP contribution is 2.41. The minimum atomic E-state index is -0.0971. The minimum Gasteiger partial charge on any atom is -0.333 e. The second-order valence-electron chi connectivity index (χ2n) is 5.61. The van der Waals surface area contributed by atoms with Crippen LogP contribution in [0.3, 0.4) is 0 Å². The first-order chi connectivity index (χ1) is 10.1. The first-order valence-corrected chi connectivity index (χ1v) is 7.76. The molecule has 0 spiro atoms. The van der Waals surface area contributed by atoms with Crippen LogP contribution in [0, 0.1) is 11.3 Å². The summed E-state index contributed by atoms with van der Waals surface area (Å²) in [6, 6.07) is 6.03. The van der Waals surface area contributed by atoms with Crippen LogP contribution in [-0.4, -0.2) is 18.1 Å². The zero-order chi connectivity index (χ0) is 15.0. The molecule has 4 nitrogen and oxygen atoms in total. The molecule has 1 heterocycles. The van der Waals surface area contributed by atoms with Gasteiger partial charge in [-0.15, -0.1) is 0 Å². The Kier molecular flexibility index (Phi) is 3.97. The molecule has 3 rings (SSSR count). The number of fused-ring (bicyclic) bond motifs is 1. The fourth-order valence-electron chi connectivity index (χ4n) is 3.43. The van der Waals surface area contributed by atoms with Crippen molar-refractivity contribution in [2.45, 2.75) is 43.7 Å². The zero-order valence-corrected chi connectivity index (χ0v) is 12.8. The molecular formula is C15H15Cl2N3O. The topological polar surface area (TPSA) is 64.9 Å². The number of hydrogen-bond acceptors (Lipinski definition) is 2. The Balaban J connectivity index is 1.92. The van der Waals surface area contributed by atoms with Crippen molar-refractivity contribution in [3.63, 3.8) is 0 Å². The van der Waals surface area contributed by atoms with Gasteiger partial charge in [0.15, 0.2) is 0 Å². The molecule has 1 saturated carbocycles. The van der Waals surface area contributed by atoms with Gasteiger partial charge in [-0.2, -0.15) is 5.26 Å². The predicted octanol–water partition coefficient (Wildman–Crippen LogP) is 3.38. The van der Waals surface area contributed by atoms with Crippen molar-refractivity contribution in [2.24, 2.45) is 0 Å². The fraction of sp³-hybridized carbons (Fsp3) is 0.467. The Morgan fingerprint density at radius 1 is 1.24 bits per heavy atom. The highest BCUT2D eigenvalue weighted by Gasteiger charge is 2.38. The number of rotatable bonds is 2. The van der Waals surface area contributed by atoms with Crippen molar-refractivity contribution in [1.82, 2.24) is 10.6 Å². The third kappa shape index (κ3) is 2.68. The highest BCUT2D eigenvalue weighted by atomic mass is 35.5. The molecule has 1 aliphatic carbocycles. The van der Waals surface area contributed by atoms with E-state index in [0.717, 1.165) is 30.4 Å². The van der Waals surface area contributed by atoms with Crippen LogP contribution in [0.4, 0.5) is 4.79 Å². The van der Waals surface area contributed by atoms with Crippen molar-refractivity contribution >= 4 is 29.2 Å². The lowest BCUT2D eigenvalue weighted by Crippen LogP contribution is -2.39. The van der Waals surface area contributed by atoms with E-state index in [1.165, 1.54) is 0 Å². The number of nitriles is 1. The third-order valence-corrected chi connectivity index (χ3v) is 5.20. The Labute approximate surface area is 133 Å². The minimum absolute atomic E-state index is 0.0971. The molecule has 0 radical (unpaired) electrons. The van der Waals surface area contributed by atoms with Gasteiger partial charge in [0, 0.05) is 0 Å². The van der Waals surface area contributed by atoms with Gasteiger partial charge in [-0.25, -0.2) is 4.79 Å². The number of carbonyl (C=O) groups excluding carboxylic acids is 1. The Morgan fingerprint density at radius 2 is 2.00 bits per heavy atom. The molecule has 6 heteroatoms. The maximum absolute atomic E-state index is 11.4. The summed E-state index contributed by atoms with van der Waals surface area (Å²) < 4.78 is 0. The van der Waals surface area contributed by atoms with Gasteiger partial charge in [0.2, 0.25) is 0 Å². The summed E-state index contributed by atoms with van der Waals surface area (Å²) in [6.07, 6.45) is 2.98. The normalized spacial score (nSPS) is 27.5. The van der Waals surface area contributed by atoms with E-state index >= 15 is 0 Å². The van der Waals surface area contributed by atoms with Crippen LogP contribution in [0.1, 0.15) is 36.3 Å². The molecular weight excluding hydrogens is 309 g/mol. The van der Waals surface area contributed by atoms with E-state index in [4.69, 9.17) is 28.5 Å². The van der Waals surface area contributed by atoms with Crippen molar-refractivity contribution in [2.75, 3.05) is 0 Å². The van der Waals surface area contributed by atoms with Crippen LogP contribution >= 0.6 is 23.2 Å². The van der Waals surface area contributed by atoms with E-state index in [2.05, 4.69) is 16.7 Å². The molecule has 1 aliphatic heterocycles. The standard InChI is InChI=1S/C15H15Cl2N3O/c16-10-3-1-8(5-6-18)13(14(10)17)9-2-4-11-12(7-9)20-15(21)19-11/h1,3,9,11-12H,2,4-5,7H2,(H2,19,20,21). The van der Waals surface area contributed by atoms with Gasteiger partial charge >= 0.3 is 6.03 Å². The quantitative estimate of drug-likeness (QED) is 0.876. The Morgan fingerprint density at radius 3 is 2.76 bits per heavy atom. The lowest BCUT2D eigenvalue weighted by Gasteiger charge is -2.32. The molecule has 1 saturated heterocycles. The molecule has 3 atom stereocenters. The number of nitrogens with zero attached hydrogens (tertiary/aromatic N) is 1. The number of carbonyl (C=O) groups is 1. The average molecular weight is 324 g/mol. The second-order valence-corrected chi connectivity index (χ2v) is 6.39. The van der Waals surface area contributed by atoms with Gasteiger partial charge in [0.05, 0.1) is 34.6 Å². The maximum atomic E-state index is 11.4. The number of urea groups is 1. The fourth-order valence-corrected chi connectivity index (χ4v) is 3.93. The number of amides is 2. The first kappa shape index (κ1) is 14.5. The average Bonchev–Trinajstić information content (AvgIpc) is 2.82. The van der Waals surface area contributed by atoms with Crippen LogP contribution in [0.15, 0.2) is 12.1 Å². The lowest BCUT2D eigenvalue weighted by molar-refractivity contribution is 0.247. The maximum Gasteiger partial charge on any atom is 0.315 e. The third-order valence-electron chi connectivity index (χ3n) is 4.38. The molecule has 2 amide bonds. The molecule has 3 unspecified atom stereocenters. The molecule has 2 N–H and O–H groups in total. The summed E-state index contributed by atoms with van der Waals surface area (Å²) in [6.45, 7) is 0. The van der Waals surface area contributed by atoms with Gasteiger partial charge in [0.25, 0.3) is 0 Å². The zero-order valence-electron chi connectivity index (χ0n) is 11.3. The van der Waals surface area contributed by atoms with Crippen LogP contribution in [0.25, 0.3) is 0 Å². The molecule has 0 aromatic heterocycles. The van der Waals surface area contributed by atoms with Crippen LogP contribution in [-0.2, 0) is 6.42 Å². The monoisotopic (exact) mass is 323 g/mol. The molecule has 21 heavy (non-hydrogen) atoms. The van der Waals surface area contributed by atoms with E-state index in [-0.39, 0.29) is 24.0 Å². The van der Waals surface area contributed by atoms with Gasteiger partial charge in [0.1, 0.15) is 0 Å². The van der Waals surface area contributed by atoms with Crippen molar-refractivity contribution in [3.8, 4) is 6.07 Å². The largest absolute Gasteiger partial charge is 0.333 e. The van der Waals surface area contributed by atoms with Gasteiger partial charge < -0.3 is 10.6 Å². The molecule has 110 valence electrons. The van der Waals surface area contributed by atoms with E-state index in [9.17, 15) is 4.79 Å². The summed E-state index contributed by atoms with van der Waals surface area (Å²) in [5.74, 6) is 0.223. The van der Waals surface area contributed by atoms with E-state index in [1.807, 2.05) is 6.07 Å². The first-order valence-electron chi connectivity index (χ1n) is 7.01. The molecule has 2 fully saturated rings. The van der Waals surface area contributed by atoms with E-state index < -0.39 is 0 Å². The summed E-state index contributed by atoms with van der Waals surface area (Å²) in [7, 11) is 0. The summed E-state index contributed by atoms with van der Waals surface area (Å²) in [4.78, 5) is 11.4. The molecule has 1 aromatic rings. The predicted molar refractivity (Wildman–Crippen MR) is 81.6 cm³/mol. The van der Waals surface area contributed by atoms with E-state index in [0.29, 0.717) is 16.5 Å². The number of nitrogens with one attached hydrogen (secondary N) is 2. The Bertz CT molecular complexity index is 626. The smallest absolute Gasteiger partial charge is 0.315 e. The van der Waals surface area contributed by atoms with Crippen LogP contribution < -0.4 is 10.6 Å². The van der Waals surface area contributed by atoms with Crippen LogP contribution in [0.5, 0.6) is 0 Å². The summed E-state index contributed by atoms with van der Waals surface area (Å²) in [5.41, 5.74) is 1.91. The second kappa shape index (κ2) is 5.75. The Hall–Kier alpha value is -1.44. The van der Waals surface area contributed by atoms with E-state index in [1.54, 1.807) is 6.07 Å². The number of hydrogen-bond donors (Lipinski definition) is 2. The summed E-state index contributed by atoms with van der Waals surface area (Å²) >= 11 is 12.5. The number of halogens is 2. The van der Waals surface area contributed by atoms with Crippen molar-refractivity contribution < 1.29 is 4.79 Å². The molecule has 1 aromatic carbocycles. The SMILES string of the molecule is N#CCc1ccc(Cl)c(Cl)c1C1CCC2NC(=O)NC2C1. The van der Waals surface area contributed by atoms with Crippen molar-refractivity contribution in [3.05, 3.63) is 33.3 Å². The van der Waals surface area contributed by atoms with Crippen LogP contribution in [0.2, 0.25) is 10.0 Å². The highest BCUT2D eigenvalue weighted by molar-refractivity contribution is 6.42. The lowest BCUT2D eigenvalue weighted by atomic mass is 9.77.